The lowest BCUT2D eigenvalue weighted by Gasteiger charge is -2.21. The smallest absolute Gasteiger partial charge is 0.265 e. The van der Waals surface area contributed by atoms with Crippen LogP contribution in [0, 0.1) is 0 Å². The third-order valence-corrected chi connectivity index (χ3v) is 5.30. The van der Waals surface area contributed by atoms with Gasteiger partial charge in [0.25, 0.3) is 15.6 Å². The van der Waals surface area contributed by atoms with Crippen molar-refractivity contribution >= 4 is 15.7 Å². The van der Waals surface area contributed by atoms with Crippen LogP contribution in [-0.2, 0) is 22.0 Å². The van der Waals surface area contributed by atoms with Crippen molar-refractivity contribution in [3.05, 3.63) is 52.4 Å². The van der Waals surface area contributed by atoms with E-state index < -0.39 is 10.0 Å². The van der Waals surface area contributed by atoms with E-state index >= 15 is 0 Å². The minimum absolute atomic E-state index is 0.0664. The highest BCUT2D eigenvalue weighted by Crippen LogP contribution is 2.31. The van der Waals surface area contributed by atoms with Gasteiger partial charge in [-0.25, -0.2) is 8.42 Å². The van der Waals surface area contributed by atoms with E-state index in [4.69, 9.17) is 4.74 Å². The maximum atomic E-state index is 12.9. The molecule has 0 unspecified atom stereocenters. The van der Waals surface area contributed by atoms with Crippen LogP contribution in [0.15, 0.2) is 46.2 Å². The molecule has 0 bridgehead atoms. The Hall–Kier alpha value is -2.28. The zero-order valence-electron chi connectivity index (χ0n) is 15.2. The molecule has 0 saturated carbocycles. The highest BCUT2D eigenvalue weighted by Gasteiger charge is 2.23. The zero-order valence-corrected chi connectivity index (χ0v) is 16.0. The molecule has 0 amide bonds. The van der Waals surface area contributed by atoms with E-state index in [1.807, 2.05) is 33.8 Å². The van der Waals surface area contributed by atoms with Crippen molar-refractivity contribution in [1.82, 2.24) is 4.57 Å². The first-order valence-corrected chi connectivity index (χ1v) is 9.48. The van der Waals surface area contributed by atoms with E-state index in [0.717, 1.165) is 5.56 Å². The number of aryl methyl sites for hydroxylation is 1. The molecule has 0 aliphatic rings. The molecule has 136 valence electrons. The van der Waals surface area contributed by atoms with Crippen LogP contribution < -0.4 is 15.0 Å². The number of ether oxygens (including phenoxy) is 1. The first-order valence-electron chi connectivity index (χ1n) is 8.00. The summed E-state index contributed by atoms with van der Waals surface area (Å²) < 4.78 is 34.9. The number of pyridine rings is 1. The molecule has 2 rings (SSSR count). The van der Waals surface area contributed by atoms with Gasteiger partial charge >= 0.3 is 0 Å². The Kier molecular flexibility index (Phi) is 5.27. The molecular formula is C18H24N2O4S. The molecule has 0 atom stereocenters. The fraction of sp³-hybridized carbons (Fsp3) is 0.389. The summed E-state index contributed by atoms with van der Waals surface area (Å²) in [6, 6.07) is 7.92. The second-order valence-electron chi connectivity index (χ2n) is 6.76. The Balaban J connectivity index is 2.50. The summed E-state index contributed by atoms with van der Waals surface area (Å²) in [7, 11) is -2.43. The maximum Gasteiger partial charge on any atom is 0.265 e. The van der Waals surface area contributed by atoms with Gasteiger partial charge in [-0.2, -0.15) is 0 Å². The van der Waals surface area contributed by atoms with Gasteiger partial charge in [0.15, 0.2) is 0 Å². The van der Waals surface area contributed by atoms with Gasteiger partial charge in [-0.3, -0.25) is 9.52 Å². The Bertz CT molecular complexity index is 925. The predicted molar refractivity (Wildman–Crippen MR) is 98.9 cm³/mol. The molecule has 1 aromatic heterocycles. The zero-order chi connectivity index (χ0) is 18.8. The van der Waals surface area contributed by atoms with Crippen LogP contribution in [0.25, 0.3) is 0 Å². The van der Waals surface area contributed by atoms with Crippen LogP contribution in [0.2, 0.25) is 0 Å². The second-order valence-corrected chi connectivity index (χ2v) is 8.41. The van der Waals surface area contributed by atoms with Crippen LogP contribution in [-0.4, -0.2) is 20.1 Å². The van der Waals surface area contributed by atoms with Crippen LogP contribution in [0.1, 0.15) is 33.3 Å². The number of rotatable bonds is 5. The number of anilines is 1. The van der Waals surface area contributed by atoms with E-state index in [1.54, 1.807) is 12.1 Å². The van der Waals surface area contributed by atoms with Crippen molar-refractivity contribution in [3.63, 3.8) is 0 Å². The molecule has 0 aliphatic carbocycles. The number of hydrogen-bond donors (Lipinski definition) is 1. The van der Waals surface area contributed by atoms with Crippen molar-refractivity contribution < 1.29 is 13.2 Å². The first-order chi connectivity index (χ1) is 11.6. The average molecular weight is 364 g/mol. The molecule has 6 nitrogen and oxygen atoms in total. The molecular weight excluding hydrogens is 340 g/mol. The quantitative estimate of drug-likeness (QED) is 0.885. The molecule has 0 radical (unpaired) electrons. The lowest BCUT2D eigenvalue weighted by molar-refractivity contribution is 0.402. The van der Waals surface area contributed by atoms with Gasteiger partial charge in [-0.1, -0.05) is 26.8 Å². The van der Waals surface area contributed by atoms with Crippen molar-refractivity contribution in [2.75, 3.05) is 11.8 Å². The highest BCUT2D eigenvalue weighted by molar-refractivity contribution is 7.92. The van der Waals surface area contributed by atoms with E-state index in [1.165, 1.54) is 30.0 Å². The Morgan fingerprint density at radius 2 is 1.84 bits per heavy atom. The molecule has 0 aliphatic heterocycles. The number of sulfonamides is 1. The number of aromatic nitrogens is 1. The Labute approximate surface area is 148 Å². The number of nitrogens with zero attached hydrogens (tertiary/aromatic N) is 1. The molecule has 0 spiro atoms. The summed E-state index contributed by atoms with van der Waals surface area (Å²) in [5.74, 6) is 0.268. The van der Waals surface area contributed by atoms with E-state index in [2.05, 4.69) is 4.72 Å². The first kappa shape index (κ1) is 19.1. The summed E-state index contributed by atoms with van der Waals surface area (Å²) in [6.45, 7) is 8.30. The van der Waals surface area contributed by atoms with Gasteiger partial charge < -0.3 is 9.30 Å². The molecule has 1 N–H and O–H groups in total. The van der Waals surface area contributed by atoms with Crippen molar-refractivity contribution in [3.8, 4) is 5.75 Å². The molecule has 1 aromatic carbocycles. The number of hydrogen-bond acceptors (Lipinski definition) is 4. The lowest BCUT2D eigenvalue weighted by Crippen LogP contribution is -2.21. The molecule has 1 heterocycles. The number of methoxy groups -OCH3 is 1. The Morgan fingerprint density at radius 1 is 1.16 bits per heavy atom. The van der Waals surface area contributed by atoms with Gasteiger partial charge in [0.1, 0.15) is 10.6 Å². The van der Waals surface area contributed by atoms with Gasteiger partial charge in [-0.15, -0.1) is 0 Å². The third-order valence-electron chi connectivity index (χ3n) is 3.90. The predicted octanol–water partition coefficient (Wildman–Crippen LogP) is 2.98. The fourth-order valence-electron chi connectivity index (χ4n) is 2.40. The normalized spacial score (nSPS) is 12.0. The SMILES string of the molecule is CCn1cc(NS(=O)(=O)c2cc(C(C)(C)C)ccc2OC)ccc1=O. The third kappa shape index (κ3) is 4.22. The van der Waals surface area contributed by atoms with Crippen LogP contribution in [0.4, 0.5) is 5.69 Å². The van der Waals surface area contributed by atoms with Gasteiger partial charge in [0.2, 0.25) is 0 Å². The summed E-state index contributed by atoms with van der Waals surface area (Å²) in [4.78, 5) is 11.7. The van der Waals surface area contributed by atoms with Crippen LogP contribution in [0.3, 0.4) is 0 Å². The second kappa shape index (κ2) is 6.92. The van der Waals surface area contributed by atoms with E-state index in [-0.39, 0.29) is 21.6 Å². The van der Waals surface area contributed by atoms with Gasteiger partial charge in [0, 0.05) is 18.8 Å². The Morgan fingerprint density at radius 3 is 2.40 bits per heavy atom. The summed E-state index contributed by atoms with van der Waals surface area (Å²) >= 11 is 0. The average Bonchev–Trinajstić information content (AvgIpc) is 2.55. The van der Waals surface area contributed by atoms with E-state index in [0.29, 0.717) is 12.2 Å². The van der Waals surface area contributed by atoms with Crippen LogP contribution >= 0.6 is 0 Å². The molecule has 0 saturated heterocycles. The fourth-order valence-corrected chi connectivity index (χ4v) is 3.64. The summed E-state index contributed by atoms with van der Waals surface area (Å²) in [5.41, 5.74) is 0.820. The van der Waals surface area contributed by atoms with Crippen molar-refractivity contribution in [2.45, 2.75) is 44.6 Å². The summed E-state index contributed by atoms with van der Waals surface area (Å²) in [5, 5.41) is 0. The highest BCUT2D eigenvalue weighted by atomic mass is 32.2. The summed E-state index contributed by atoms with van der Waals surface area (Å²) in [6.07, 6.45) is 1.49. The standard InChI is InChI=1S/C18H24N2O4S/c1-6-20-12-14(8-10-17(20)21)19-25(22,23)16-11-13(18(2,3)4)7-9-15(16)24-5/h7-12,19H,6H2,1-5H3. The van der Waals surface area contributed by atoms with Gasteiger partial charge in [-0.05, 0) is 36.1 Å². The largest absolute Gasteiger partial charge is 0.495 e. The van der Waals surface area contributed by atoms with Crippen molar-refractivity contribution in [2.24, 2.45) is 0 Å². The monoisotopic (exact) mass is 364 g/mol. The molecule has 7 heteroatoms. The van der Waals surface area contributed by atoms with E-state index in [9.17, 15) is 13.2 Å². The molecule has 2 aromatic rings. The minimum Gasteiger partial charge on any atom is -0.495 e. The van der Waals surface area contributed by atoms with Crippen molar-refractivity contribution in [1.29, 1.82) is 0 Å². The lowest BCUT2D eigenvalue weighted by atomic mass is 9.87. The topological polar surface area (TPSA) is 77.4 Å². The maximum absolute atomic E-state index is 12.9. The molecule has 0 fully saturated rings. The number of benzene rings is 1. The number of nitrogens with one attached hydrogen (secondary N) is 1. The van der Waals surface area contributed by atoms with Crippen LogP contribution in [0.5, 0.6) is 5.75 Å². The molecule has 25 heavy (non-hydrogen) atoms. The van der Waals surface area contributed by atoms with Gasteiger partial charge in [0.05, 0.1) is 12.8 Å². The minimum atomic E-state index is -3.87.